The van der Waals surface area contributed by atoms with E-state index in [1.807, 2.05) is 6.92 Å². The molecule has 1 fully saturated rings. The molecule has 3 rings (SSSR count). The second-order valence-corrected chi connectivity index (χ2v) is 7.90. The van der Waals surface area contributed by atoms with Gasteiger partial charge in [0.05, 0.1) is 6.33 Å². The SMILES string of the molecule is CCSc1nc(N)c2ncn([C@@H]3O[C@H](COC(C)=O)[C@@H](OC(C)=O)[C@H]3OC(C)=O)c2n1. The van der Waals surface area contributed by atoms with Gasteiger partial charge in [-0.2, -0.15) is 0 Å². The van der Waals surface area contributed by atoms with Crippen LogP contribution in [0.25, 0.3) is 11.2 Å². The van der Waals surface area contributed by atoms with E-state index >= 15 is 0 Å². The number of nitrogens with two attached hydrogens (primary N) is 1. The van der Waals surface area contributed by atoms with Crippen LogP contribution in [0, 0.1) is 0 Å². The van der Waals surface area contributed by atoms with Gasteiger partial charge < -0.3 is 24.7 Å². The fourth-order valence-corrected chi connectivity index (χ4v) is 3.79. The Kier molecular flexibility index (Phi) is 6.95. The van der Waals surface area contributed by atoms with Crippen molar-refractivity contribution >= 4 is 46.7 Å². The minimum atomic E-state index is -1.04. The van der Waals surface area contributed by atoms with Crippen LogP contribution in [-0.2, 0) is 33.3 Å². The van der Waals surface area contributed by atoms with E-state index in [2.05, 4.69) is 15.0 Å². The second kappa shape index (κ2) is 9.47. The molecule has 2 N–H and O–H groups in total. The Morgan fingerprint density at radius 1 is 1.13 bits per heavy atom. The summed E-state index contributed by atoms with van der Waals surface area (Å²) < 4.78 is 23.4. The molecule has 2 aromatic heterocycles. The highest BCUT2D eigenvalue weighted by molar-refractivity contribution is 7.99. The Morgan fingerprint density at radius 2 is 1.81 bits per heavy atom. The van der Waals surface area contributed by atoms with E-state index in [-0.39, 0.29) is 12.4 Å². The summed E-state index contributed by atoms with van der Waals surface area (Å²) in [6.07, 6.45) is -2.49. The minimum Gasteiger partial charge on any atom is -0.463 e. The number of esters is 3. The van der Waals surface area contributed by atoms with Gasteiger partial charge in [-0.3, -0.25) is 19.0 Å². The van der Waals surface area contributed by atoms with Crippen LogP contribution in [0.2, 0.25) is 0 Å². The third-order valence-electron chi connectivity index (χ3n) is 4.32. The molecule has 0 amide bonds. The number of rotatable bonds is 7. The number of nitrogens with zero attached hydrogens (tertiary/aromatic N) is 4. The molecule has 12 nitrogen and oxygen atoms in total. The maximum absolute atomic E-state index is 11.8. The lowest BCUT2D eigenvalue weighted by Gasteiger charge is -2.23. The average Bonchev–Trinajstić information content (AvgIpc) is 3.22. The first-order valence-electron chi connectivity index (χ1n) is 9.47. The number of hydrogen-bond acceptors (Lipinski definition) is 12. The van der Waals surface area contributed by atoms with Crippen molar-refractivity contribution in [2.75, 3.05) is 18.1 Å². The predicted octanol–water partition coefficient (Wildman–Crippen LogP) is 0.844. The molecule has 0 saturated carbocycles. The van der Waals surface area contributed by atoms with E-state index < -0.39 is 42.4 Å². The number of anilines is 1. The molecule has 31 heavy (non-hydrogen) atoms. The van der Waals surface area contributed by atoms with Crippen LogP contribution in [0.3, 0.4) is 0 Å². The van der Waals surface area contributed by atoms with Crippen molar-refractivity contribution in [3.63, 3.8) is 0 Å². The van der Waals surface area contributed by atoms with Crippen molar-refractivity contribution in [2.24, 2.45) is 0 Å². The van der Waals surface area contributed by atoms with E-state index in [4.69, 9.17) is 24.7 Å². The van der Waals surface area contributed by atoms with E-state index in [0.29, 0.717) is 16.3 Å². The molecule has 1 aliphatic heterocycles. The fraction of sp³-hybridized carbons (Fsp3) is 0.556. The number of fused-ring (bicyclic) bond motifs is 1. The highest BCUT2D eigenvalue weighted by Gasteiger charge is 2.51. The third kappa shape index (κ3) is 5.05. The van der Waals surface area contributed by atoms with Gasteiger partial charge >= 0.3 is 17.9 Å². The lowest BCUT2D eigenvalue weighted by Crippen LogP contribution is -2.40. The van der Waals surface area contributed by atoms with Gasteiger partial charge in [-0.1, -0.05) is 18.7 Å². The Labute approximate surface area is 181 Å². The number of aromatic nitrogens is 4. The molecule has 0 aromatic carbocycles. The maximum Gasteiger partial charge on any atom is 0.303 e. The first kappa shape index (κ1) is 22.7. The number of ether oxygens (including phenoxy) is 4. The number of carbonyl (C=O) groups is 3. The van der Waals surface area contributed by atoms with Gasteiger partial charge in [0, 0.05) is 20.8 Å². The number of imidazole rings is 1. The van der Waals surface area contributed by atoms with Crippen LogP contribution in [0.4, 0.5) is 5.82 Å². The lowest BCUT2D eigenvalue weighted by atomic mass is 10.1. The monoisotopic (exact) mass is 453 g/mol. The summed E-state index contributed by atoms with van der Waals surface area (Å²) in [5, 5.41) is 0.448. The van der Waals surface area contributed by atoms with E-state index in [1.165, 1.54) is 43.4 Å². The molecule has 13 heteroatoms. The Hall–Kier alpha value is -2.93. The zero-order valence-corrected chi connectivity index (χ0v) is 18.2. The van der Waals surface area contributed by atoms with Crippen LogP contribution < -0.4 is 5.73 Å². The summed E-state index contributed by atoms with van der Waals surface area (Å²) >= 11 is 1.39. The molecule has 1 saturated heterocycles. The Morgan fingerprint density at radius 3 is 2.42 bits per heavy atom. The first-order chi connectivity index (χ1) is 14.7. The van der Waals surface area contributed by atoms with Crippen LogP contribution >= 0.6 is 11.8 Å². The van der Waals surface area contributed by atoms with Crippen molar-refractivity contribution in [1.29, 1.82) is 0 Å². The minimum absolute atomic E-state index is 0.190. The quantitative estimate of drug-likeness (QED) is 0.273. The van der Waals surface area contributed by atoms with Crippen molar-refractivity contribution in [3.8, 4) is 0 Å². The molecule has 4 atom stereocenters. The van der Waals surface area contributed by atoms with Crippen molar-refractivity contribution in [3.05, 3.63) is 6.33 Å². The van der Waals surface area contributed by atoms with Crippen molar-refractivity contribution < 1.29 is 33.3 Å². The molecule has 0 unspecified atom stereocenters. The summed E-state index contributed by atoms with van der Waals surface area (Å²) in [4.78, 5) is 47.7. The molecule has 0 aliphatic carbocycles. The first-order valence-corrected chi connectivity index (χ1v) is 10.5. The highest BCUT2D eigenvalue weighted by Crippen LogP contribution is 2.36. The summed E-state index contributed by atoms with van der Waals surface area (Å²) in [7, 11) is 0. The van der Waals surface area contributed by atoms with Gasteiger partial charge in [-0.15, -0.1) is 0 Å². The largest absolute Gasteiger partial charge is 0.463 e. The summed E-state index contributed by atoms with van der Waals surface area (Å²) in [5.74, 6) is -0.830. The molecule has 0 radical (unpaired) electrons. The topological polar surface area (TPSA) is 158 Å². The molecular weight excluding hydrogens is 430 g/mol. The van der Waals surface area contributed by atoms with Gasteiger partial charge in [0.15, 0.2) is 35.1 Å². The van der Waals surface area contributed by atoms with Crippen molar-refractivity contribution in [2.45, 2.75) is 57.4 Å². The molecule has 1 aliphatic rings. The summed E-state index contributed by atoms with van der Waals surface area (Å²) in [5.41, 5.74) is 6.73. The van der Waals surface area contributed by atoms with Crippen molar-refractivity contribution in [1.82, 2.24) is 19.5 Å². The molecule has 168 valence electrons. The smallest absolute Gasteiger partial charge is 0.303 e. The Bertz CT molecular complexity index is 997. The molecule has 2 aromatic rings. The maximum atomic E-state index is 11.8. The zero-order valence-electron chi connectivity index (χ0n) is 17.4. The van der Waals surface area contributed by atoms with Crippen LogP contribution in [0.5, 0.6) is 0 Å². The average molecular weight is 453 g/mol. The van der Waals surface area contributed by atoms with E-state index in [1.54, 1.807) is 0 Å². The van der Waals surface area contributed by atoms with E-state index in [9.17, 15) is 14.4 Å². The van der Waals surface area contributed by atoms with Crippen LogP contribution in [-0.4, -0.2) is 68.1 Å². The normalized spacial score (nSPS) is 23.0. The lowest BCUT2D eigenvalue weighted by molar-refractivity contribution is -0.166. The highest BCUT2D eigenvalue weighted by atomic mass is 32.2. The van der Waals surface area contributed by atoms with Gasteiger partial charge in [0.2, 0.25) is 0 Å². The molecule has 3 heterocycles. The Balaban J connectivity index is 2.05. The number of hydrogen-bond donors (Lipinski definition) is 1. The van der Waals surface area contributed by atoms with Crippen LogP contribution in [0.1, 0.15) is 33.9 Å². The molecular formula is C18H23N5O7S. The summed E-state index contributed by atoms with van der Waals surface area (Å²) in [6.45, 7) is 5.43. The van der Waals surface area contributed by atoms with Crippen LogP contribution in [0.15, 0.2) is 11.5 Å². The number of nitrogen functional groups attached to an aromatic ring is 1. The summed E-state index contributed by atoms with van der Waals surface area (Å²) in [6, 6.07) is 0. The van der Waals surface area contributed by atoms with Gasteiger partial charge in [0.25, 0.3) is 0 Å². The fourth-order valence-electron chi connectivity index (χ4n) is 3.21. The zero-order chi connectivity index (χ0) is 22.7. The molecule has 0 spiro atoms. The predicted molar refractivity (Wildman–Crippen MR) is 108 cm³/mol. The number of thioether (sulfide) groups is 1. The standard InChI is InChI=1S/C18H23N5O7S/c1-5-31-18-21-15(19)12-16(22-18)23(7-20-12)17-14(29-10(4)26)13(28-9(3)25)11(30-17)6-27-8(2)24/h7,11,13-14,17H,5-6H2,1-4H3,(H2,19,21,22)/t11-,13-,14-,17-/m1/s1. The third-order valence-corrected chi connectivity index (χ3v) is 5.05. The van der Waals surface area contributed by atoms with Gasteiger partial charge in [0.1, 0.15) is 18.2 Å². The second-order valence-electron chi connectivity index (χ2n) is 6.66. The van der Waals surface area contributed by atoms with Gasteiger partial charge in [-0.05, 0) is 5.75 Å². The number of carbonyl (C=O) groups excluding carboxylic acids is 3. The van der Waals surface area contributed by atoms with E-state index in [0.717, 1.165) is 5.75 Å². The van der Waals surface area contributed by atoms with Gasteiger partial charge in [-0.25, -0.2) is 15.0 Å². The molecule has 0 bridgehead atoms.